The minimum absolute atomic E-state index is 0.227. The Bertz CT molecular complexity index is 689. The first-order valence-corrected chi connectivity index (χ1v) is 8.82. The van der Waals surface area contributed by atoms with Gasteiger partial charge in [-0.1, -0.05) is 6.07 Å². The first-order chi connectivity index (χ1) is 10.1. The Morgan fingerprint density at radius 3 is 2.36 bits per heavy atom. The molecular formula is C14H17F3N2O2S. The molecule has 2 saturated heterocycles. The van der Waals surface area contributed by atoms with Crippen molar-refractivity contribution in [3.8, 4) is 0 Å². The van der Waals surface area contributed by atoms with Crippen LogP contribution in [0.2, 0.25) is 0 Å². The second-order valence-corrected chi connectivity index (χ2v) is 8.33. The lowest BCUT2D eigenvalue weighted by molar-refractivity contribution is -0.137. The van der Waals surface area contributed by atoms with Gasteiger partial charge in [-0.3, -0.25) is 4.90 Å². The minimum Gasteiger partial charge on any atom is -0.315 e. The molecule has 22 heavy (non-hydrogen) atoms. The molecule has 0 bridgehead atoms. The highest BCUT2D eigenvalue weighted by molar-refractivity contribution is 7.90. The molecule has 0 aromatic heterocycles. The maximum absolute atomic E-state index is 12.8. The van der Waals surface area contributed by atoms with Crippen molar-refractivity contribution in [2.24, 2.45) is 5.41 Å². The SMILES string of the molecule is CS(=O)(=O)c1cc(C(F)(F)F)ccc1CN1CC2(CNC2)C1. The van der Waals surface area contributed by atoms with Crippen LogP contribution < -0.4 is 5.32 Å². The molecule has 0 saturated carbocycles. The number of halogens is 3. The monoisotopic (exact) mass is 334 g/mol. The Kier molecular flexibility index (Phi) is 3.54. The van der Waals surface area contributed by atoms with E-state index >= 15 is 0 Å². The van der Waals surface area contributed by atoms with E-state index in [9.17, 15) is 21.6 Å². The molecule has 0 unspecified atom stereocenters. The van der Waals surface area contributed by atoms with Crippen LogP contribution in [0.1, 0.15) is 11.1 Å². The summed E-state index contributed by atoms with van der Waals surface area (Å²) in [4.78, 5) is 1.84. The van der Waals surface area contributed by atoms with E-state index in [1.807, 2.05) is 0 Å². The molecule has 0 atom stereocenters. The molecule has 8 heteroatoms. The van der Waals surface area contributed by atoms with Gasteiger partial charge < -0.3 is 5.32 Å². The van der Waals surface area contributed by atoms with Crippen LogP contribution in [0.15, 0.2) is 23.1 Å². The lowest BCUT2D eigenvalue weighted by Gasteiger charge is -2.56. The van der Waals surface area contributed by atoms with Crippen molar-refractivity contribution >= 4 is 9.84 Å². The lowest BCUT2D eigenvalue weighted by Crippen LogP contribution is -2.70. The van der Waals surface area contributed by atoms with E-state index < -0.39 is 21.6 Å². The fraction of sp³-hybridized carbons (Fsp3) is 0.571. The lowest BCUT2D eigenvalue weighted by atomic mass is 9.74. The Balaban J connectivity index is 1.84. The maximum atomic E-state index is 12.8. The number of hydrogen-bond donors (Lipinski definition) is 1. The average molecular weight is 334 g/mol. The van der Waals surface area contributed by atoms with E-state index in [0.29, 0.717) is 12.1 Å². The molecule has 4 nitrogen and oxygen atoms in total. The number of benzene rings is 1. The largest absolute Gasteiger partial charge is 0.416 e. The highest BCUT2D eigenvalue weighted by atomic mass is 32.2. The Morgan fingerprint density at radius 2 is 1.91 bits per heavy atom. The summed E-state index contributed by atoms with van der Waals surface area (Å²) in [6.07, 6.45) is -3.60. The second-order valence-electron chi connectivity index (χ2n) is 6.34. The predicted molar refractivity (Wildman–Crippen MR) is 75.1 cm³/mol. The first kappa shape index (κ1) is 15.8. The van der Waals surface area contributed by atoms with Crippen LogP contribution in [-0.4, -0.2) is 45.8 Å². The Labute approximate surface area is 127 Å². The van der Waals surface area contributed by atoms with Gasteiger partial charge in [0.1, 0.15) is 0 Å². The number of alkyl halides is 3. The third-order valence-corrected chi connectivity index (χ3v) is 5.48. The van der Waals surface area contributed by atoms with Gasteiger partial charge in [0.25, 0.3) is 0 Å². The number of nitrogens with one attached hydrogen (secondary N) is 1. The predicted octanol–water partition coefficient (Wildman–Crippen LogP) is 1.51. The fourth-order valence-corrected chi connectivity index (χ4v) is 4.11. The van der Waals surface area contributed by atoms with Crippen molar-refractivity contribution in [3.63, 3.8) is 0 Å². The third-order valence-electron chi connectivity index (χ3n) is 4.31. The van der Waals surface area contributed by atoms with Crippen molar-refractivity contribution in [2.45, 2.75) is 17.6 Å². The van der Waals surface area contributed by atoms with Gasteiger partial charge in [0.2, 0.25) is 0 Å². The van der Waals surface area contributed by atoms with Gasteiger partial charge >= 0.3 is 6.18 Å². The molecule has 0 aliphatic carbocycles. The molecule has 2 aliphatic heterocycles. The Morgan fingerprint density at radius 1 is 1.27 bits per heavy atom. The summed E-state index contributed by atoms with van der Waals surface area (Å²) in [6.45, 7) is 3.97. The van der Waals surface area contributed by atoms with Gasteiger partial charge in [0, 0.05) is 44.4 Å². The van der Waals surface area contributed by atoms with Gasteiger partial charge in [-0.25, -0.2) is 8.42 Å². The van der Waals surface area contributed by atoms with Crippen LogP contribution in [0.5, 0.6) is 0 Å². The quantitative estimate of drug-likeness (QED) is 0.910. The molecule has 1 spiro atoms. The topological polar surface area (TPSA) is 49.4 Å². The number of hydrogen-bond acceptors (Lipinski definition) is 4. The first-order valence-electron chi connectivity index (χ1n) is 6.92. The van der Waals surface area contributed by atoms with Crippen LogP contribution in [0.3, 0.4) is 0 Å². The molecule has 2 aliphatic rings. The molecule has 122 valence electrons. The second kappa shape index (κ2) is 4.94. The number of sulfone groups is 1. The van der Waals surface area contributed by atoms with Gasteiger partial charge in [0.15, 0.2) is 9.84 Å². The standard InChI is InChI=1S/C14H17F3N2O2S/c1-22(20,21)12-4-11(14(15,16)17)3-2-10(12)5-19-8-13(9-19)6-18-7-13/h2-4,18H,5-9H2,1H3. The highest BCUT2D eigenvalue weighted by Crippen LogP contribution is 2.37. The van der Waals surface area contributed by atoms with Crippen molar-refractivity contribution in [2.75, 3.05) is 32.4 Å². The highest BCUT2D eigenvalue weighted by Gasteiger charge is 2.47. The van der Waals surface area contributed by atoms with E-state index in [1.165, 1.54) is 6.07 Å². The summed E-state index contributed by atoms with van der Waals surface area (Å²) < 4.78 is 62.0. The van der Waals surface area contributed by atoms with E-state index in [4.69, 9.17) is 0 Å². The van der Waals surface area contributed by atoms with E-state index in [1.54, 1.807) is 0 Å². The van der Waals surface area contributed by atoms with Gasteiger partial charge in [-0.2, -0.15) is 13.2 Å². The van der Waals surface area contributed by atoms with E-state index in [-0.39, 0.29) is 10.3 Å². The zero-order chi connectivity index (χ0) is 16.2. The maximum Gasteiger partial charge on any atom is 0.416 e. The normalized spacial score (nSPS) is 21.5. The summed E-state index contributed by atoms with van der Waals surface area (Å²) in [5.41, 5.74) is -0.213. The number of rotatable bonds is 3. The van der Waals surface area contributed by atoms with Crippen LogP contribution >= 0.6 is 0 Å². The van der Waals surface area contributed by atoms with Gasteiger partial charge in [0.05, 0.1) is 10.5 Å². The van der Waals surface area contributed by atoms with Crippen LogP contribution in [0.25, 0.3) is 0 Å². The summed E-state index contributed by atoms with van der Waals surface area (Å²) in [7, 11) is -3.71. The van der Waals surface area contributed by atoms with Crippen molar-refractivity contribution in [1.29, 1.82) is 0 Å². The van der Waals surface area contributed by atoms with E-state index in [2.05, 4.69) is 10.2 Å². The van der Waals surface area contributed by atoms with Gasteiger partial charge in [-0.05, 0) is 17.7 Å². The molecule has 1 aromatic carbocycles. The summed E-state index contributed by atoms with van der Waals surface area (Å²) >= 11 is 0. The molecule has 0 radical (unpaired) electrons. The molecule has 1 N–H and O–H groups in total. The van der Waals surface area contributed by atoms with Crippen LogP contribution in [0.4, 0.5) is 13.2 Å². The molecular weight excluding hydrogens is 317 g/mol. The van der Waals surface area contributed by atoms with Crippen molar-refractivity contribution in [3.05, 3.63) is 29.3 Å². The molecule has 0 amide bonds. The zero-order valence-corrected chi connectivity index (χ0v) is 12.9. The molecule has 2 fully saturated rings. The number of likely N-dealkylation sites (tertiary alicyclic amines) is 1. The van der Waals surface area contributed by atoms with Crippen LogP contribution in [-0.2, 0) is 22.6 Å². The fourth-order valence-electron chi connectivity index (χ4n) is 3.16. The van der Waals surface area contributed by atoms with Crippen molar-refractivity contribution < 1.29 is 21.6 Å². The third kappa shape index (κ3) is 2.87. The van der Waals surface area contributed by atoms with Crippen LogP contribution in [0, 0.1) is 5.41 Å². The zero-order valence-electron chi connectivity index (χ0n) is 12.1. The van der Waals surface area contributed by atoms with Crippen molar-refractivity contribution in [1.82, 2.24) is 10.2 Å². The summed E-state index contributed by atoms with van der Waals surface area (Å²) in [5.74, 6) is 0. The minimum atomic E-state index is -4.55. The average Bonchev–Trinajstić information content (AvgIpc) is 2.28. The Hall–Kier alpha value is -1.12. The summed E-state index contributed by atoms with van der Waals surface area (Å²) in [5, 5.41) is 3.20. The molecule has 1 aromatic rings. The smallest absolute Gasteiger partial charge is 0.315 e. The number of nitrogens with zero attached hydrogens (tertiary/aromatic N) is 1. The van der Waals surface area contributed by atoms with Gasteiger partial charge in [-0.15, -0.1) is 0 Å². The van der Waals surface area contributed by atoms with E-state index in [0.717, 1.165) is 44.6 Å². The molecule has 3 rings (SSSR count). The summed E-state index contributed by atoms with van der Waals surface area (Å²) in [6, 6.07) is 2.97. The molecule has 2 heterocycles.